The van der Waals surface area contributed by atoms with Gasteiger partial charge in [-0.05, 0) is 31.0 Å². The molecule has 1 fully saturated rings. The van der Waals surface area contributed by atoms with Crippen molar-refractivity contribution in [1.82, 2.24) is 9.78 Å². The minimum Gasteiger partial charge on any atom is -0.297 e. The molecule has 0 radical (unpaired) electrons. The number of aromatic nitrogens is 2. The molecule has 2 aromatic rings. The summed E-state index contributed by atoms with van der Waals surface area (Å²) < 4.78 is 2.88. The number of nitrogens with one attached hydrogen (secondary N) is 1. The number of hydrogen-bond acceptors (Lipinski definition) is 1. The first-order valence-electron chi connectivity index (χ1n) is 6.22. The zero-order valence-corrected chi connectivity index (χ0v) is 10.5. The molecule has 0 atom stereocenters. The van der Waals surface area contributed by atoms with Crippen LogP contribution < -0.4 is 0 Å². The third-order valence-electron chi connectivity index (χ3n) is 3.55. The van der Waals surface area contributed by atoms with Crippen LogP contribution in [0.15, 0.2) is 36.4 Å². The number of nitrogens with zero attached hydrogens (tertiary/aromatic N) is 1. The van der Waals surface area contributed by atoms with Crippen LogP contribution in [0.25, 0.3) is 5.69 Å². The molecule has 1 heterocycles. The molecular formula is C14H16N2S. The van der Waals surface area contributed by atoms with Crippen LogP contribution in [0.4, 0.5) is 0 Å². The Morgan fingerprint density at radius 3 is 2.53 bits per heavy atom. The topological polar surface area (TPSA) is 20.7 Å². The summed E-state index contributed by atoms with van der Waals surface area (Å²) in [5, 5.41) is 3.45. The van der Waals surface area contributed by atoms with Crippen molar-refractivity contribution in [3.05, 3.63) is 46.7 Å². The highest BCUT2D eigenvalue weighted by Gasteiger charge is 2.19. The van der Waals surface area contributed by atoms with Gasteiger partial charge in [-0.15, -0.1) is 0 Å². The van der Waals surface area contributed by atoms with E-state index < -0.39 is 0 Å². The fraction of sp³-hybridized carbons (Fsp3) is 0.357. The van der Waals surface area contributed by atoms with Crippen LogP contribution in [-0.2, 0) is 0 Å². The minimum absolute atomic E-state index is 0.682. The number of benzene rings is 1. The molecule has 0 spiro atoms. The average molecular weight is 244 g/mol. The predicted octanol–water partition coefficient (Wildman–Crippen LogP) is 4.19. The molecule has 3 rings (SSSR count). The maximum atomic E-state index is 5.42. The van der Waals surface area contributed by atoms with Gasteiger partial charge in [0.25, 0.3) is 0 Å². The van der Waals surface area contributed by atoms with Crippen molar-refractivity contribution >= 4 is 12.2 Å². The van der Waals surface area contributed by atoms with Crippen LogP contribution in [0.2, 0.25) is 0 Å². The molecule has 88 valence electrons. The molecule has 1 aromatic heterocycles. The van der Waals surface area contributed by atoms with Gasteiger partial charge in [0.2, 0.25) is 0 Å². The highest BCUT2D eigenvalue weighted by molar-refractivity contribution is 7.71. The summed E-state index contributed by atoms with van der Waals surface area (Å²) in [4.78, 5) is 0. The first-order valence-corrected chi connectivity index (χ1v) is 6.63. The van der Waals surface area contributed by atoms with Crippen molar-refractivity contribution in [3.63, 3.8) is 0 Å². The van der Waals surface area contributed by atoms with Crippen LogP contribution in [0.5, 0.6) is 0 Å². The van der Waals surface area contributed by atoms with E-state index in [2.05, 4.69) is 23.3 Å². The van der Waals surface area contributed by atoms with E-state index in [0.717, 1.165) is 10.3 Å². The van der Waals surface area contributed by atoms with Gasteiger partial charge in [-0.1, -0.05) is 43.3 Å². The second-order valence-electron chi connectivity index (χ2n) is 4.70. The second-order valence-corrected chi connectivity index (χ2v) is 5.12. The predicted molar refractivity (Wildman–Crippen MR) is 72.2 cm³/mol. The Morgan fingerprint density at radius 1 is 1.12 bits per heavy atom. The van der Waals surface area contributed by atoms with Gasteiger partial charge in [0.05, 0.1) is 5.69 Å². The fourth-order valence-corrected chi connectivity index (χ4v) is 2.91. The number of aromatic amines is 1. The Hall–Kier alpha value is -1.35. The van der Waals surface area contributed by atoms with E-state index in [0.29, 0.717) is 5.92 Å². The summed E-state index contributed by atoms with van der Waals surface area (Å²) in [6.45, 7) is 0. The number of H-pyrrole nitrogens is 1. The third-order valence-corrected chi connectivity index (χ3v) is 3.85. The monoisotopic (exact) mass is 244 g/mol. The first-order chi connectivity index (χ1) is 8.34. The summed E-state index contributed by atoms with van der Waals surface area (Å²) in [6, 6.07) is 12.4. The summed E-state index contributed by atoms with van der Waals surface area (Å²) in [5.41, 5.74) is 2.41. The normalized spacial score (nSPS) is 16.5. The molecule has 17 heavy (non-hydrogen) atoms. The van der Waals surface area contributed by atoms with Gasteiger partial charge in [0.15, 0.2) is 0 Å². The van der Waals surface area contributed by atoms with E-state index >= 15 is 0 Å². The van der Waals surface area contributed by atoms with Crippen LogP contribution in [-0.4, -0.2) is 9.78 Å². The molecule has 1 aliphatic carbocycles. The van der Waals surface area contributed by atoms with Crippen molar-refractivity contribution in [2.45, 2.75) is 31.6 Å². The van der Waals surface area contributed by atoms with E-state index in [4.69, 9.17) is 12.2 Å². The number of rotatable bonds is 2. The fourth-order valence-electron chi connectivity index (χ4n) is 2.63. The maximum absolute atomic E-state index is 5.42. The lowest BCUT2D eigenvalue weighted by Gasteiger charge is -2.06. The quantitative estimate of drug-likeness (QED) is 0.785. The van der Waals surface area contributed by atoms with Gasteiger partial charge in [0, 0.05) is 11.6 Å². The molecule has 0 unspecified atom stereocenters. The van der Waals surface area contributed by atoms with Crippen molar-refractivity contribution in [2.24, 2.45) is 0 Å². The van der Waals surface area contributed by atoms with Gasteiger partial charge < -0.3 is 0 Å². The Balaban J connectivity index is 1.99. The SMILES string of the molecule is S=c1cc(C2CCCC2)[nH]n1-c1ccccc1. The largest absolute Gasteiger partial charge is 0.297 e. The Morgan fingerprint density at radius 2 is 1.82 bits per heavy atom. The van der Waals surface area contributed by atoms with Crippen LogP contribution in [0.3, 0.4) is 0 Å². The lowest BCUT2D eigenvalue weighted by atomic mass is 10.1. The molecule has 0 aliphatic heterocycles. The van der Waals surface area contributed by atoms with E-state index in [9.17, 15) is 0 Å². The van der Waals surface area contributed by atoms with Gasteiger partial charge in [-0.2, -0.15) is 0 Å². The standard InChI is InChI=1S/C14H16N2S/c17-14-10-13(11-6-4-5-7-11)15-16(14)12-8-2-1-3-9-12/h1-3,8-11,15H,4-7H2. The zero-order valence-electron chi connectivity index (χ0n) is 9.73. The van der Waals surface area contributed by atoms with Crippen molar-refractivity contribution < 1.29 is 0 Å². The van der Waals surface area contributed by atoms with Crippen molar-refractivity contribution in [2.75, 3.05) is 0 Å². The number of para-hydroxylation sites is 1. The van der Waals surface area contributed by atoms with Gasteiger partial charge in [-0.3, -0.25) is 5.10 Å². The molecule has 1 aliphatic rings. The van der Waals surface area contributed by atoms with Crippen LogP contribution in [0.1, 0.15) is 37.3 Å². The number of hydrogen-bond donors (Lipinski definition) is 1. The molecule has 3 heteroatoms. The van der Waals surface area contributed by atoms with Gasteiger partial charge in [-0.25, -0.2) is 4.68 Å². The lowest BCUT2D eigenvalue weighted by Crippen LogP contribution is -1.99. The first kappa shape index (κ1) is 10.8. The Labute approximate surface area is 106 Å². The van der Waals surface area contributed by atoms with E-state index in [1.807, 2.05) is 22.9 Å². The van der Waals surface area contributed by atoms with E-state index in [1.54, 1.807) is 0 Å². The van der Waals surface area contributed by atoms with Crippen molar-refractivity contribution in [1.29, 1.82) is 0 Å². The van der Waals surface area contributed by atoms with Gasteiger partial charge in [0.1, 0.15) is 4.64 Å². The van der Waals surface area contributed by atoms with Crippen LogP contribution >= 0.6 is 12.2 Å². The van der Waals surface area contributed by atoms with E-state index in [1.165, 1.54) is 31.4 Å². The zero-order chi connectivity index (χ0) is 11.7. The highest BCUT2D eigenvalue weighted by atomic mass is 32.1. The minimum atomic E-state index is 0.682. The van der Waals surface area contributed by atoms with Crippen LogP contribution in [0, 0.1) is 4.64 Å². The molecule has 1 aromatic carbocycles. The Kier molecular flexibility index (Phi) is 2.85. The molecule has 2 nitrogen and oxygen atoms in total. The van der Waals surface area contributed by atoms with Crippen molar-refractivity contribution in [3.8, 4) is 5.69 Å². The molecule has 0 saturated heterocycles. The Bertz CT molecular complexity index is 547. The van der Waals surface area contributed by atoms with E-state index in [-0.39, 0.29) is 0 Å². The summed E-state index contributed by atoms with van der Waals surface area (Å²) >= 11 is 5.42. The second kappa shape index (κ2) is 4.49. The summed E-state index contributed by atoms with van der Waals surface area (Å²) in [6.07, 6.45) is 5.29. The molecule has 1 N–H and O–H groups in total. The summed E-state index contributed by atoms with van der Waals surface area (Å²) in [7, 11) is 0. The van der Waals surface area contributed by atoms with Gasteiger partial charge >= 0.3 is 0 Å². The molecule has 1 saturated carbocycles. The lowest BCUT2D eigenvalue weighted by molar-refractivity contribution is 0.678. The molecule has 0 bridgehead atoms. The average Bonchev–Trinajstić information content (AvgIpc) is 2.99. The molecular weight excluding hydrogens is 228 g/mol. The maximum Gasteiger partial charge on any atom is 0.127 e. The molecule has 0 amide bonds. The third kappa shape index (κ3) is 2.07. The smallest absolute Gasteiger partial charge is 0.127 e. The summed E-state index contributed by atoms with van der Waals surface area (Å²) in [5.74, 6) is 0.682. The highest BCUT2D eigenvalue weighted by Crippen LogP contribution is 2.33.